The first kappa shape index (κ1) is 14.3. The number of nitrogens with zero attached hydrogens (tertiary/aromatic N) is 1. The quantitative estimate of drug-likeness (QED) is 0.876. The lowest BCUT2D eigenvalue weighted by Crippen LogP contribution is -2.35. The molecule has 0 spiro atoms. The van der Waals surface area contributed by atoms with Crippen molar-refractivity contribution in [2.75, 3.05) is 19.6 Å². The predicted molar refractivity (Wildman–Crippen MR) is 87.7 cm³/mol. The molecule has 1 N–H and O–H groups in total. The zero-order valence-corrected chi connectivity index (χ0v) is 13.2. The Morgan fingerprint density at radius 3 is 2.50 bits per heavy atom. The first-order chi connectivity index (χ1) is 10.8. The summed E-state index contributed by atoms with van der Waals surface area (Å²) < 4.78 is 0. The second-order valence-electron chi connectivity index (χ2n) is 7.39. The highest BCUT2D eigenvalue weighted by Gasteiger charge is 2.56. The lowest BCUT2D eigenvalue weighted by molar-refractivity contribution is 0.0943. The van der Waals surface area contributed by atoms with Gasteiger partial charge in [0.15, 0.2) is 0 Å². The van der Waals surface area contributed by atoms with Crippen LogP contribution in [0.25, 0.3) is 0 Å². The van der Waals surface area contributed by atoms with Crippen molar-refractivity contribution >= 4 is 5.91 Å². The molecule has 0 radical (unpaired) electrons. The number of carbonyl (C=O) groups excluding carboxylic acids is 1. The highest BCUT2D eigenvalue weighted by Crippen LogP contribution is 2.45. The molecule has 1 aromatic carbocycles. The molecule has 3 nitrogen and oxygen atoms in total. The molecule has 1 heterocycles. The smallest absolute Gasteiger partial charge is 0.251 e. The largest absolute Gasteiger partial charge is 0.349 e. The molecule has 0 aromatic heterocycles. The molecule has 118 valence electrons. The van der Waals surface area contributed by atoms with Crippen molar-refractivity contribution < 1.29 is 4.79 Å². The van der Waals surface area contributed by atoms with Crippen LogP contribution in [0.2, 0.25) is 0 Å². The zero-order valence-electron chi connectivity index (χ0n) is 13.2. The molecular weight excluding hydrogens is 272 g/mol. The number of fused-ring (bicyclic) bond motifs is 1. The van der Waals surface area contributed by atoms with Crippen LogP contribution < -0.4 is 5.32 Å². The summed E-state index contributed by atoms with van der Waals surface area (Å²) in [5, 5.41) is 3.22. The number of piperidine rings is 1. The van der Waals surface area contributed by atoms with Gasteiger partial charge < -0.3 is 10.2 Å². The van der Waals surface area contributed by atoms with Crippen LogP contribution in [0.1, 0.15) is 42.5 Å². The molecule has 4 rings (SSSR count). The Balaban J connectivity index is 1.17. The van der Waals surface area contributed by atoms with Gasteiger partial charge in [-0.25, -0.2) is 0 Å². The first-order valence-electron chi connectivity index (χ1n) is 8.89. The van der Waals surface area contributed by atoms with E-state index in [0.717, 1.165) is 11.5 Å². The summed E-state index contributed by atoms with van der Waals surface area (Å²) in [6.07, 6.45) is 7.20. The third-order valence-electron chi connectivity index (χ3n) is 5.91. The van der Waals surface area contributed by atoms with Gasteiger partial charge in [0.2, 0.25) is 0 Å². The lowest BCUT2D eigenvalue weighted by atomic mass is 9.82. The minimum absolute atomic E-state index is 0.0940. The van der Waals surface area contributed by atoms with Crippen molar-refractivity contribution in [1.29, 1.82) is 0 Å². The summed E-state index contributed by atoms with van der Waals surface area (Å²) in [5.41, 5.74) is 0.782. The van der Waals surface area contributed by atoms with E-state index in [9.17, 15) is 4.79 Å². The highest BCUT2D eigenvalue weighted by atomic mass is 16.1. The Kier molecular flexibility index (Phi) is 3.91. The van der Waals surface area contributed by atoms with E-state index in [4.69, 9.17) is 0 Å². The fraction of sp³-hybridized carbons (Fsp3) is 0.632. The third kappa shape index (κ3) is 2.91. The normalized spacial score (nSPS) is 30.6. The average Bonchev–Trinajstić information content (AvgIpc) is 2.95. The number of rotatable bonds is 6. The van der Waals surface area contributed by atoms with Gasteiger partial charge in [-0.15, -0.1) is 0 Å². The zero-order chi connectivity index (χ0) is 14.9. The van der Waals surface area contributed by atoms with Crippen LogP contribution in [-0.2, 0) is 0 Å². The SMILES string of the molecule is O=C(NC1[C@H]2CN(CCCC3CCC3)C[C@@H]12)c1ccccc1. The van der Waals surface area contributed by atoms with E-state index in [1.165, 1.54) is 51.7 Å². The van der Waals surface area contributed by atoms with Gasteiger partial charge in [-0.05, 0) is 49.3 Å². The van der Waals surface area contributed by atoms with Crippen LogP contribution in [0.4, 0.5) is 0 Å². The molecule has 1 amide bonds. The van der Waals surface area contributed by atoms with Crippen LogP contribution in [-0.4, -0.2) is 36.5 Å². The lowest BCUT2D eigenvalue weighted by Gasteiger charge is -2.26. The van der Waals surface area contributed by atoms with E-state index in [-0.39, 0.29) is 5.91 Å². The molecule has 22 heavy (non-hydrogen) atoms. The Labute approximate surface area is 133 Å². The van der Waals surface area contributed by atoms with Gasteiger partial charge in [0.05, 0.1) is 0 Å². The average molecular weight is 298 g/mol. The van der Waals surface area contributed by atoms with Gasteiger partial charge in [0.1, 0.15) is 0 Å². The fourth-order valence-corrected chi connectivity index (χ4v) is 4.22. The van der Waals surface area contributed by atoms with Gasteiger partial charge in [-0.3, -0.25) is 4.79 Å². The molecule has 1 aromatic rings. The number of amides is 1. The van der Waals surface area contributed by atoms with Gasteiger partial charge in [-0.1, -0.05) is 37.5 Å². The van der Waals surface area contributed by atoms with Crippen molar-refractivity contribution in [2.24, 2.45) is 17.8 Å². The molecule has 3 atom stereocenters. The van der Waals surface area contributed by atoms with Crippen LogP contribution in [0.15, 0.2) is 30.3 Å². The van der Waals surface area contributed by atoms with Crippen molar-refractivity contribution in [2.45, 2.75) is 38.1 Å². The van der Waals surface area contributed by atoms with Gasteiger partial charge in [-0.2, -0.15) is 0 Å². The summed E-state index contributed by atoms with van der Waals surface area (Å²) in [4.78, 5) is 14.8. The molecule has 1 unspecified atom stereocenters. The Bertz CT molecular complexity index is 513. The van der Waals surface area contributed by atoms with Gasteiger partial charge in [0, 0.05) is 24.7 Å². The second kappa shape index (κ2) is 6.04. The number of hydrogen-bond acceptors (Lipinski definition) is 2. The molecular formula is C19H26N2O. The first-order valence-corrected chi connectivity index (χ1v) is 8.89. The molecule has 3 heteroatoms. The highest BCUT2D eigenvalue weighted by molar-refractivity contribution is 5.94. The number of nitrogens with one attached hydrogen (secondary N) is 1. The molecule has 0 bridgehead atoms. The van der Waals surface area contributed by atoms with Crippen molar-refractivity contribution in [3.05, 3.63) is 35.9 Å². The van der Waals surface area contributed by atoms with Gasteiger partial charge in [0.25, 0.3) is 5.91 Å². The molecule has 2 saturated carbocycles. The topological polar surface area (TPSA) is 32.3 Å². The maximum Gasteiger partial charge on any atom is 0.251 e. The third-order valence-corrected chi connectivity index (χ3v) is 5.91. The molecule has 2 aliphatic carbocycles. The molecule has 3 fully saturated rings. The van der Waals surface area contributed by atoms with E-state index in [0.29, 0.717) is 17.9 Å². The monoisotopic (exact) mass is 298 g/mol. The summed E-state index contributed by atoms with van der Waals surface area (Å²) in [5.74, 6) is 2.54. The second-order valence-corrected chi connectivity index (χ2v) is 7.39. The van der Waals surface area contributed by atoms with Gasteiger partial charge >= 0.3 is 0 Å². The molecule has 1 aliphatic heterocycles. The maximum atomic E-state index is 12.2. The Morgan fingerprint density at radius 2 is 1.86 bits per heavy atom. The number of hydrogen-bond donors (Lipinski definition) is 1. The van der Waals surface area contributed by atoms with Crippen molar-refractivity contribution in [3.63, 3.8) is 0 Å². The van der Waals surface area contributed by atoms with Crippen LogP contribution in [0.3, 0.4) is 0 Å². The summed E-state index contributed by atoms with van der Waals surface area (Å²) in [6.45, 7) is 3.65. The summed E-state index contributed by atoms with van der Waals surface area (Å²) in [7, 11) is 0. The van der Waals surface area contributed by atoms with Crippen molar-refractivity contribution in [1.82, 2.24) is 10.2 Å². The maximum absolute atomic E-state index is 12.2. The number of likely N-dealkylation sites (tertiary alicyclic amines) is 1. The summed E-state index contributed by atoms with van der Waals surface area (Å²) in [6, 6.07) is 10.00. The Morgan fingerprint density at radius 1 is 1.14 bits per heavy atom. The van der Waals surface area contributed by atoms with E-state index in [1.54, 1.807) is 0 Å². The van der Waals surface area contributed by atoms with Crippen LogP contribution in [0.5, 0.6) is 0 Å². The standard InChI is InChI=1S/C19H26N2O/c22-19(15-9-2-1-3-10-15)20-18-16-12-21(13-17(16)18)11-5-8-14-6-4-7-14/h1-3,9-10,14,16-18H,4-8,11-13H2,(H,20,22)/t16-,17+,18?. The van der Waals surface area contributed by atoms with E-state index < -0.39 is 0 Å². The van der Waals surface area contributed by atoms with Crippen LogP contribution >= 0.6 is 0 Å². The van der Waals surface area contributed by atoms with E-state index in [1.807, 2.05) is 30.3 Å². The number of benzene rings is 1. The van der Waals surface area contributed by atoms with Crippen molar-refractivity contribution in [3.8, 4) is 0 Å². The molecule has 3 aliphatic rings. The molecule has 1 saturated heterocycles. The minimum Gasteiger partial charge on any atom is -0.349 e. The predicted octanol–water partition coefficient (Wildman–Crippen LogP) is 2.93. The van der Waals surface area contributed by atoms with E-state index in [2.05, 4.69) is 10.2 Å². The number of carbonyl (C=O) groups is 1. The minimum atomic E-state index is 0.0940. The van der Waals surface area contributed by atoms with Crippen LogP contribution in [0, 0.1) is 17.8 Å². The fourth-order valence-electron chi connectivity index (χ4n) is 4.22. The Hall–Kier alpha value is -1.35. The summed E-state index contributed by atoms with van der Waals surface area (Å²) >= 11 is 0. The van der Waals surface area contributed by atoms with E-state index >= 15 is 0 Å².